The van der Waals surface area contributed by atoms with Crippen molar-refractivity contribution < 1.29 is 13.2 Å². The smallest absolute Gasteiger partial charge is 0.271 e. The van der Waals surface area contributed by atoms with Crippen molar-refractivity contribution in [3.63, 3.8) is 0 Å². The first-order valence-electron chi connectivity index (χ1n) is 6.02. The van der Waals surface area contributed by atoms with Crippen LogP contribution in [0.15, 0.2) is 38.3 Å². The number of nitrogens with one attached hydrogen (secondary N) is 1. The fourth-order valence-electron chi connectivity index (χ4n) is 1.56. The van der Waals surface area contributed by atoms with Crippen LogP contribution in [0, 0.1) is 0 Å². The first-order valence-corrected chi connectivity index (χ1v) is 9.49. The van der Waals surface area contributed by atoms with E-state index in [-0.39, 0.29) is 10.3 Å². The van der Waals surface area contributed by atoms with E-state index in [2.05, 4.69) is 20.7 Å². The molecule has 1 heterocycles. The van der Waals surface area contributed by atoms with Crippen LogP contribution in [0.25, 0.3) is 0 Å². The highest BCUT2D eigenvalue weighted by atomic mass is 79.9. The molecule has 4 nitrogen and oxygen atoms in total. The lowest BCUT2D eigenvalue weighted by molar-refractivity contribution is 0.242. The minimum atomic E-state index is -3.61. The Hall–Kier alpha value is -0.760. The number of thiophene rings is 1. The van der Waals surface area contributed by atoms with Crippen molar-refractivity contribution in [1.29, 1.82) is 0 Å². The molecule has 0 saturated heterocycles. The van der Waals surface area contributed by atoms with Crippen LogP contribution in [0.1, 0.15) is 13.8 Å². The highest BCUT2D eigenvalue weighted by Gasteiger charge is 2.17. The molecule has 0 bridgehead atoms. The fourth-order valence-corrected chi connectivity index (χ4v) is 4.85. The zero-order chi connectivity index (χ0) is 15.6. The Morgan fingerprint density at radius 1 is 1.29 bits per heavy atom. The molecule has 8 heteroatoms. The van der Waals surface area contributed by atoms with Crippen LogP contribution >= 0.6 is 38.9 Å². The minimum Gasteiger partial charge on any atom is -0.489 e. The third-order valence-corrected chi connectivity index (χ3v) is 6.15. The Morgan fingerprint density at radius 3 is 2.52 bits per heavy atom. The lowest BCUT2D eigenvalue weighted by atomic mass is 10.3. The van der Waals surface area contributed by atoms with E-state index in [1.54, 1.807) is 18.2 Å². The SMILES string of the molecule is CC(C)Oc1ccc(NS(=O)(=O)c2ccc(Br)s2)cc1Cl. The van der Waals surface area contributed by atoms with E-state index in [4.69, 9.17) is 16.3 Å². The molecule has 2 rings (SSSR count). The molecule has 0 unspecified atom stereocenters. The third kappa shape index (κ3) is 4.35. The Morgan fingerprint density at radius 2 is 2.00 bits per heavy atom. The van der Waals surface area contributed by atoms with Gasteiger partial charge in [-0.05, 0) is 60.1 Å². The Balaban J connectivity index is 2.22. The van der Waals surface area contributed by atoms with Crippen molar-refractivity contribution in [2.45, 2.75) is 24.2 Å². The maximum Gasteiger partial charge on any atom is 0.271 e. The maximum absolute atomic E-state index is 12.2. The van der Waals surface area contributed by atoms with Gasteiger partial charge >= 0.3 is 0 Å². The summed E-state index contributed by atoms with van der Waals surface area (Å²) < 4.78 is 33.4. The first kappa shape index (κ1) is 16.6. The second kappa shape index (κ2) is 6.56. The number of rotatable bonds is 5. The van der Waals surface area contributed by atoms with Gasteiger partial charge in [0.05, 0.1) is 20.6 Å². The molecule has 0 aliphatic carbocycles. The van der Waals surface area contributed by atoms with Crippen molar-refractivity contribution in [3.05, 3.63) is 39.1 Å². The molecule has 0 radical (unpaired) electrons. The molecule has 21 heavy (non-hydrogen) atoms. The summed E-state index contributed by atoms with van der Waals surface area (Å²) in [6, 6.07) is 8.01. The van der Waals surface area contributed by atoms with Crippen LogP contribution in [0.3, 0.4) is 0 Å². The predicted octanol–water partition coefficient (Wildman–Crippen LogP) is 4.75. The van der Waals surface area contributed by atoms with Gasteiger partial charge < -0.3 is 4.74 Å². The predicted molar refractivity (Wildman–Crippen MR) is 90.0 cm³/mol. The summed E-state index contributed by atoms with van der Waals surface area (Å²) in [5, 5.41) is 0.358. The lowest BCUT2D eigenvalue weighted by Gasteiger charge is -2.13. The molecule has 0 atom stereocenters. The molecule has 1 aromatic heterocycles. The number of anilines is 1. The van der Waals surface area contributed by atoms with Crippen molar-refractivity contribution in [2.24, 2.45) is 0 Å². The molecular formula is C13H13BrClNO3S2. The first-order chi connectivity index (χ1) is 9.78. The van der Waals surface area contributed by atoms with Crippen LogP contribution < -0.4 is 9.46 Å². The van der Waals surface area contributed by atoms with E-state index in [0.717, 1.165) is 15.1 Å². The summed E-state index contributed by atoms with van der Waals surface area (Å²) in [5.74, 6) is 0.522. The van der Waals surface area contributed by atoms with Gasteiger partial charge in [-0.25, -0.2) is 8.42 Å². The van der Waals surface area contributed by atoms with Gasteiger partial charge in [-0.2, -0.15) is 0 Å². The molecule has 0 saturated carbocycles. The van der Waals surface area contributed by atoms with Gasteiger partial charge in [0.15, 0.2) is 0 Å². The molecular weight excluding hydrogens is 398 g/mol. The van der Waals surface area contributed by atoms with Gasteiger partial charge in [-0.3, -0.25) is 4.72 Å². The average Bonchev–Trinajstić information content (AvgIpc) is 2.79. The highest BCUT2D eigenvalue weighted by molar-refractivity contribution is 9.11. The van der Waals surface area contributed by atoms with Crippen LogP contribution in [0.5, 0.6) is 5.75 Å². The van der Waals surface area contributed by atoms with E-state index in [1.165, 1.54) is 12.1 Å². The molecule has 2 aromatic rings. The molecule has 1 aromatic carbocycles. The molecule has 0 spiro atoms. The van der Waals surface area contributed by atoms with Crippen LogP contribution in [0.4, 0.5) is 5.69 Å². The second-order valence-corrected chi connectivity index (χ2v) is 9.26. The molecule has 0 aliphatic rings. The summed E-state index contributed by atoms with van der Waals surface area (Å²) in [4.78, 5) is 0. The van der Waals surface area contributed by atoms with E-state index in [9.17, 15) is 8.42 Å². The Labute approximate surface area is 141 Å². The summed E-state index contributed by atoms with van der Waals surface area (Å²) in [6.07, 6.45) is -0.00601. The van der Waals surface area contributed by atoms with Crippen molar-refractivity contribution in [2.75, 3.05) is 4.72 Å². The van der Waals surface area contributed by atoms with Gasteiger partial charge in [0.25, 0.3) is 10.0 Å². The Bertz CT molecular complexity index is 744. The normalized spacial score (nSPS) is 11.7. The van der Waals surface area contributed by atoms with Crippen molar-refractivity contribution >= 4 is 54.6 Å². The summed E-state index contributed by atoms with van der Waals surface area (Å²) in [6.45, 7) is 3.78. The average molecular weight is 411 g/mol. The molecule has 114 valence electrons. The molecule has 0 amide bonds. The van der Waals surface area contributed by atoms with Crippen molar-refractivity contribution in [3.8, 4) is 5.75 Å². The summed E-state index contributed by atoms with van der Waals surface area (Å²) in [7, 11) is -3.61. The maximum atomic E-state index is 12.2. The number of sulfonamides is 1. The van der Waals surface area contributed by atoms with Gasteiger partial charge in [-0.1, -0.05) is 11.6 Å². The Kier molecular flexibility index (Phi) is 5.19. The third-order valence-electron chi connectivity index (χ3n) is 2.36. The summed E-state index contributed by atoms with van der Waals surface area (Å²) in [5.41, 5.74) is 0.389. The highest BCUT2D eigenvalue weighted by Crippen LogP contribution is 2.31. The van der Waals surface area contributed by atoms with E-state index in [0.29, 0.717) is 16.5 Å². The fraction of sp³-hybridized carbons (Fsp3) is 0.231. The number of ether oxygens (including phenoxy) is 1. The monoisotopic (exact) mass is 409 g/mol. The van der Waals surface area contributed by atoms with Crippen molar-refractivity contribution in [1.82, 2.24) is 0 Å². The number of hydrogen-bond acceptors (Lipinski definition) is 4. The quantitative estimate of drug-likeness (QED) is 0.773. The van der Waals surface area contributed by atoms with Gasteiger partial charge in [0.2, 0.25) is 0 Å². The van der Waals surface area contributed by atoms with Gasteiger partial charge in [0.1, 0.15) is 9.96 Å². The van der Waals surface area contributed by atoms with E-state index in [1.807, 2.05) is 13.8 Å². The zero-order valence-electron chi connectivity index (χ0n) is 11.3. The zero-order valence-corrected chi connectivity index (χ0v) is 15.2. The number of hydrogen-bond donors (Lipinski definition) is 1. The number of benzene rings is 1. The topological polar surface area (TPSA) is 55.4 Å². The van der Waals surface area contributed by atoms with Gasteiger partial charge in [0, 0.05) is 0 Å². The minimum absolute atomic E-state index is 0.00601. The van der Waals surface area contributed by atoms with Crippen LogP contribution in [0.2, 0.25) is 5.02 Å². The molecule has 0 fully saturated rings. The van der Waals surface area contributed by atoms with Crippen LogP contribution in [-0.2, 0) is 10.0 Å². The second-order valence-electron chi connectivity index (χ2n) is 4.48. The lowest BCUT2D eigenvalue weighted by Crippen LogP contribution is -2.11. The number of halogens is 2. The molecule has 1 N–H and O–H groups in total. The standard InChI is InChI=1S/C13H13BrClNO3S2/c1-8(2)19-11-4-3-9(7-10(11)15)16-21(17,18)13-6-5-12(14)20-13/h3-8,16H,1-2H3. The largest absolute Gasteiger partial charge is 0.489 e. The summed E-state index contributed by atoms with van der Waals surface area (Å²) >= 11 is 10.5. The van der Waals surface area contributed by atoms with Crippen LogP contribution in [-0.4, -0.2) is 14.5 Å². The molecule has 0 aliphatic heterocycles. The van der Waals surface area contributed by atoms with Gasteiger partial charge in [-0.15, -0.1) is 11.3 Å². The van der Waals surface area contributed by atoms with E-state index < -0.39 is 10.0 Å². The van der Waals surface area contributed by atoms with E-state index >= 15 is 0 Å².